The van der Waals surface area contributed by atoms with E-state index in [2.05, 4.69) is 17.7 Å². The zero-order chi connectivity index (χ0) is 17.7. The number of nitro benzene ring substituents is 1. The van der Waals surface area contributed by atoms with E-state index in [1.54, 1.807) is 0 Å². The maximum Gasteiger partial charge on any atom is 0.276 e. The molecule has 0 aliphatic carbocycles. The number of amides is 1. The van der Waals surface area contributed by atoms with E-state index in [-0.39, 0.29) is 22.9 Å². The smallest absolute Gasteiger partial charge is 0.276 e. The number of nitro groups is 1. The van der Waals surface area contributed by atoms with E-state index in [9.17, 15) is 20.0 Å². The molecule has 0 fully saturated rings. The molecular formula is C16H16N4O4S. The van der Waals surface area contributed by atoms with Crippen molar-refractivity contribution in [2.24, 2.45) is 0 Å². The lowest BCUT2D eigenvalue weighted by Crippen LogP contribution is -3.08. The van der Waals surface area contributed by atoms with Crippen LogP contribution in [0, 0.1) is 10.1 Å². The first-order valence-electron chi connectivity index (χ1n) is 7.92. The van der Waals surface area contributed by atoms with Crippen molar-refractivity contribution in [2.75, 3.05) is 18.9 Å². The van der Waals surface area contributed by atoms with Gasteiger partial charge in [0.1, 0.15) is 17.7 Å². The molecule has 9 heteroatoms. The molecule has 2 aromatic rings. The first-order valence-corrected chi connectivity index (χ1v) is 8.74. The minimum atomic E-state index is -0.792. The molecule has 0 radical (unpaired) electrons. The number of rotatable bonds is 2. The molecule has 3 N–H and O–H groups in total. The molecule has 0 saturated carbocycles. The highest BCUT2D eigenvalue weighted by atomic mass is 32.1. The van der Waals surface area contributed by atoms with Crippen molar-refractivity contribution in [3.63, 3.8) is 0 Å². The van der Waals surface area contributed by atoms with Gasteiger partial charge in [0.05, 0.1) is 34.5 Å². The van der Waals surface area contributed by atoms with Crippen LogP contribution in [0.2, 0.25) is 0 Å². The number of carbonyl (C=O) groups is 1. The molecule has 1 amide bonds. The summed E-state index contributed by atoms with van der Waals surface area (Å²) in [6, 6.07) is 3.53. The molecular weight excluding hydrogens is 344 g/mol. The second kappa shape index (κ2) is 5.71. The quantitative estimate of drug-likeness (QED) is 0.522. The number of thiophene rings is 1. The number of carbonyl (C=O) groups excluding carboxylic acids is 1. The van der Waals surface area contributed by atoms with Crippen LogP contribution in [0.25, 0.3) is 0 Å². The van der Waals surface area contributed by atoms with E-state index in [1.807, 2.05) is 0 Å². The van der Waals surface area contributed by atoms with Crippen LogP contribution in [-0.2, 0) is 13.0 Å². The number of fused-ring (bicyclic) bond motifs is 3. The normalized spacial score (nSPS) is 21.7. The van der Waals surface area contributed by atoms with Gasteiger partial charge in [-0.25, -0.2) is 0 Å². The number of benzene rings is 1. The lowest BCUT2D eigenvalue weighted by atomic mass is 10.00. The lowest BCUT2D eigenvalue weighted by molar-refractivity contribution is -0.895. The van der Waals surface area contributed by atoms with Gasteiger partial charge in [-0.05, 0) is 5.56 Å². The number of likely N-dealkylation sites (N-methyl/N-ethyl adjacent to an activating group) is 1. The van der Waals surface area contributed by atoms with Gasteiger partial charge in [-0.15, -0.1) is 17.1 Å². The van der Waals surface area contributed by atoms with Crippen molar-refractivity contribution in [2.45, 2.75) is 19.1 Å². The van der Waals surface area contributed by atoms with E-state index < -0.39 is 11.1 Å². The molecule has 2 aliphatic heterocycles. The van der Waals surface area contributed by atoms with Crippen molar-refractivity contribution >= 4 is 27.9 Å². The summed E-state index contributed by atoms with van der Waals surface area (Å²) in [6.45, 7) is 1.83. The molecule has 2 aliphatic rings. The molecule has 25 heavy (non-hydrogen) atoms. The number of anilines is 1. The summed E-state index contributed by atoms with van der Waals surface area (Å²) in [7, 11) is 2.11. The second-order valence-electron chi connectivity index (χ2n) is 6.37. The number of hydrogen-bond acceptors (Lipinski definition) is 6. The Morgan fingerprint density at radius 1 is 1.36 bits per heavy atom. The zero-order valence-electron chi connectivity index (χ0n) is 13.4. The average Bonchev–Trinajstić information content (AvgIpc) is 2.92. The summed E-state index contributed by atoms with van der Waals surface area (Å²) in [4.78, 5) is 25.9. The van der Waals surface area contributed by atoms with Crippen molar-refractivity contribution < 1.29 is 19.7 Å². The number of quaternary nitrogens is 1. The molecule has 130 valence electrons. The maximum absolute atomic E-state index is 12.7. The number of hydrogen-bond donors (Lipinski definition) is 3. The molecule has 3 heterocycles. The van der Waals surface area contributed by atoms with E-state index in [1.165, 1.54) is 33.2 Å². The van der Waals surface area contributed by atoms with Gasteiger partial charge in [0.15, 0.2) is 0 Å². The third kappa shape index (κ3) is 2.61. The van der Waals surface area contributed by atoms with Crippen LogP contribution in [0.3, 0.4) is 0 Å². The van der Waals surface area contributed by atoms with E-state index in [4.69, 9.17) is 0 Å². The van der Waals surface area contributed by atoms with E-state index in [0.717, 1.165) is 36.1 Å². The highest BCUT2D eigenvalue weighted by Crippen LogP contribution is 2.40. The van der Waals surface area contributed by atoms with Crippen LogP contribution < -0.4 is 20.6 Å². The Balaban J connectivity index is 1.75. The predicted octanol–water partition coefficient (Wildman–Crippen LogP) is 0.155. The van der Waals surface area contributed by atoms with Crippen LogP contribution in [0.4, 0.5) is 10.7 Å². The summed E-state index contributed by atoms with van der Waals surface area (Å²) < 4.78 is 0. The monoisotopic (exact) mass is 360 g/mol. The van der Waals surface area contributed by atoms with Crippen LogP contribution >= 0.6 is 11.3 Å². The minimum absolute atomic E-state index is 0.172. The molecule has 1 aromatic heterocycles. The van der Waals surface area contributed by atoms with Gasteiger partial charge in [-0.2, -0.15) is 0 Å². The van der Waals surface area contributed by atoms with Gasteiger partial charge in [-0.3, -0.25) is 14.9 Å². The maximum atomic E-state index is 12.7. The largest absolute Gasteiger partial charge is 0.872 e. The number of nitrogens with one attached hydrogen (secondary N) is 3. The molecule has 2 atom stereocenters. The standard InChI is InChI=1S/C16H16N4O4S/c1-19-5-4-9-12(7-19)25-16-13(9)15(22)17-14(18-16)10-6-8(21)2-3-11(10)20(23)24/h2-3,6,14,18,21H,4-5,7H2,1H3,(H,17,22)/t14-/m0/s1. The van der Waals surface area contributed by atoms with Gasteiger partial charge in [-0.1, -0.05) is 12.1 Å². The first-order chi connectivity index (χ1) is 11.9. The highest BCUT2D eigenvalue weighted by molar-refractivity contribution is 7.16. The summed E-state index contributed by atoms with van der Waals surface area (Å²) in [6.07, 6.45) is 0.0441. The van der Waals surface area contributed by atoms with Gasteiger partial charge in [0.25, 0.3) is 11.6 Å². The molecule has 0 spiro atoms. The molecule has 8 nitrogen and oxygen atoms in total. The topological polar surface area (TPSA) is 112 Å². The Labute approximate surface area is 147 Å². The van der Waals surface area contributed by atoms with Crippen LogP contribution in [0.1, 0.15) is 32.5 Å². The van der Waals surface area contributed by atoms with E-state index in [0.29, 0.717) is 5.56 Å². The zero-order valence-corrected chi connectivity index (χ0v) is 14.2. The second-order valence-corrected chi connectivity index (χ2v) is 7.48. The Morgan fingerprint density at radius 2 is 2.16 bits per heavy atom. The number of nitrogens with zero attached hydrogens (tertiary/aromatic N) is 1. The minimum Gasteiger partial charge on any atom is -0.872 e. The third-order valence-electron chi connectivity index (χ3n) is 4.64. The van der Waals surface area contributed by atoms with Crippen LogP contribution in [0.15, 0.2) is 18.2 Å². The van der Waals surface area contributed by atoms with E-state index >= 15 is 0 Å². The SMILES string of the molecule is C[NH+]1CCc2c(sc3c2C(=O)N[C@H](c2cc([O-])ccc2[N+](=O)[O-])N3)C1. The van der Waals surface area contributed by atoms with Gasteiger partial charge in [0.2, 0.25) is 0 Å². The highest BCUT2D eigenvalue weighted by Gasteiger charge is 2.35. The van der Waals surface area contributed by atoms with Crippen LogP contribution in [0.5, 0.6) is 5.75 Å². The summed E-state index contributed by atoms with van der Waals surface area (Å²) >= 11 is 1.52. The van der Waals surface area contributed by atoms with Crippen molar-refractivity contribution in [3.8, 4) is 5.75 Å². The fourth-order valence-electron chi connectivity index (χ4n) is 3.42. The van der Waals surface area contributed by atoms with Crippen molar-refractivity contribution in [1.82, 2.24) is 5.32 Å². The Kier molecular flexibility index (Phi) is 3.62. The summed E-state index contributed by atoms with van der Waals surface area (Å²) in [5.41, 5.74) is 1.70. The van der Waals surface area contributed by atoms with Gasteiger partial charge >= 0.3 is 0 Å². The molecule has 4 rings (SSSR count). The Bertz CT molecular complexity index is 895. The molecule has 0 saturated heterocycles. The molecule has 1 aromatic carbocycles. The Morgan fingerprint density at radius 3 is 2.92 bits per heavy atom. The van der Waals surface area contributed by atoms with Crippen LogP contribution in [-0.4, -0.2) is 24.4 Å². The summed E-state index contributed by atoms with van der Waals surface area (Å²) in [5.74, 6) is -0.584. The third-order valence-corrected chi connectivity index (χ3v) is 5.80. The van der Waals surface area contributed by atoms with Crippen molar-refractivity contribution in [1.29, 1.82) is 0 Å². The Hall–Kier alpha value is -2.65. The molecule has 1 unspecified atom stereocenters. The lowest BCUT2D eigenvalue weighted by Gasteiger charge is -2.27. The molecule has 0 bridgehead atoms. The average molecular weight is 360 g/mol. The fraction of sp³-hybridized carbons (Fsp3) is 0.312. The van der Waals surface area contributed by atoms with Crippen molar-refractivity contribution in [3.05, 3.63) is 49.9 Å². The fourth-order valence-corrected chi connectivity index (χ4v) is 4.81. The van der Waals surface area contributed by atoms with Gasteiger partial charge in [0, 0.05) is 12.5 Å². The first kappa shape index (κ1) is 15.9. The predicted molar refractivity (Wildman–Crippen MR) is 89.9 cm³/mol. The van der Waals surface area contributed by atoms with Gasteiger partial charge < -0.3 is 20.6 Å². The summed E-state index contributed by atoms with van der Waals surface area (Å²) in [5, 5.41) is 29.6.